The topological polar surface area (TPSA) is 77.1 Å². The van der Waals surface area contributed by atoms with E-state index in [1.54, 1.807) is 22.8 Å². The van der Waals surface area contributed by atoms with Gasteiger partial charge in [0.2, 0.25) is 0 Å². The molecule has 0 atom stereocenters. The Bertz CT molecular complexity index is 839. The predicted molar refractivity (Wildman–Crippen MR) is 82.5 cm³/mol. The van der Waals surface area contributed by atoms with E-state index >= 15 is 0 Å². The molecule has 0 amide bonds. The number of hydrogen-bond acceptors (Lipinski definition) is 6. The zero-order chi connectivity index (χ0) is 15.7. The molecule has 1 aromatic carbocycles. The second kappa shape index (κ2) is 5.73. The second-order valence-corrected chi connectivity index (χ2v) is 5.64. The van der Waals surface area contributed by atoms with Gasteiger partial charge in [0.1, 0.15) is 17.3 Å². The number of nitrogens with zero attached hydrogens (tertiary/aromatic N) is 3. The fraction of sp³-hybridized carbons (Fsp3) is 0.267. The summed E-state index contributed by atoms with van der Waals surface area (Å²) in [6.45, 7) is 0.579. The van der Waals surface area contributed by atoms with Crippen molar-refractivity contribution in [2.24, 2.45) is 0 Å². The molecule has 0 saturated heterocycles. The van der Waals surface area contributed by atoms with E-state index in [1.165, 1.54) is 26.0 Å². The number of para-hydroxylation sites is 1. The Morgan fingerprint density at radius 1 is 1.36 bits per heavy atom. The molecule has 0 radical (unpaired) electrons. The minimum Gasteiger partial charge on any atom is -0.493 e. The van der Waals surface area contributed by atoms with E-state index in [4.69, 9.17) is 9.47 Å². The van der Waals surface area contributed by atoms with Crippen molar-refractivity contribution in [3.05, 3.63) is 34.1 Å². The van der Waals surface area contributed by atoms with Crippen molar-refractivity contribution in [3.63, 3.8) is 0 Å². The summed E-state index contributed by atoms with van der Waals surface area (Å²) in [6.07, 6.45) is 0. The van der Waals surface area contributed by atoms with Crippen LogP contribution in [0.3, 0.4) is 0 Å². The van der Waals surface area contributed by atoms with Gasteiger partial charge in [0.15, 0.2) is 16.7 Å². The molecule has 7 heteroatoms. The molecule has 1 aliphatic heterocycles. The first kappa shape index (κ1) is 14.5. The zero-order valence-electron chi connectivity index (χ0n) is 12.1. The Balaban J connectivity index is 2.33. The summed E-state index contributed by atoms with van der Waals surface area (Å²) >= 11 is 1.50. The molecule has 0 spiro atoms. The Hall–Kier alpha value is -2.46. The number of fused-ring (bicyclic) bond motifs is 1. The molecular weight excluding hydrogens is 302 g/mol. The molecule has 2 aromatic rings. The van der Waals surface area contributed by atoms with Crippen LogP contribution in [0.5, 0.6) is 11.5 Å². The minimum atomic E-state index is -0.308. The van der Waals surface area contributed by atoms with Gasteiger partial charge in [-0.25, -0.2) is 4.98 Å². The molecule has 0 N–H and O–H groups in total. The number of benzene rings is 1. The molecule has 1 aromatic heterocycles. The molecule has 0 aliphatic carbocycles. The number of hydrogen-bond donors (Lipinski definition) is 0. The van der Waals surface area contributed by atoms with Crippen LogP contribution in [0.25, 0.3) is 11.3 Å². The van der Waals surface area contributed by atoms with Gasteiger partial charge in [0, 0.05) is 17.9 Å². The monoisotopic (exact) mass is 315 g/mol. The Kier molecular flexibility index (Phi) is 3.77. The van der Waals surface area contributed by atoms with Crippen molar-refractivity contribution in [2.75, 3.05) is 20.0 Å². The Morgan fingerprint density at radius 3 is 2.86 bits per heavy atom. The van der Waals surface area contributed by atoms with Gasteiger partial charge in [-0.3, -0.25) is 9.36 Å². The minimum absolute atomic E-state index is 0.0257. The third kappa shape index (κ3) is 2.12. The summed E-state index contributed by atoms with van der Waals surface area (Å²) < 4.78 is 12.2. The second-order valence-electron chi connectivity index (χ2n) is 4.58. The van der Waals surface area contributed by atoms with Crippen LogP contribution in [-0.4, -0.2) is 29.5 Å². The molecule has 1 aliphatic rings. The van der Waals surface area contributed by atoms with Gasteiger partial charge < -0.3 is 9.47 Å². The van der Waals surface area contributed by atoms with Crippen LogP contribution < -0.4 is 15.0 Å². The number of thioether (sulfide) groups is 1. The molecule has 3 rings (SSSR count). The SMILES string of the molecule is COc1cccc(-c2nc3n(c(=O)c2C#N)CCS3)c1OC. The smallest absolute Gasteiger partial charge is 0.272 e. The van der Waals surface area contributed by atoms with E-state index in [0.717, 1.165) is 5.75 Å². The van der Waals surface area contributed by atoms with Gasteiger partial charge in [0.05, 0.1) is 14.2 Å². The molecular formula is C15H13N3O3S. The number of nitriles is 1. The molecule has 0 saturated carbocycles. The van der Waals surface area contributed by atoms with Crippen molar-refractivity contribution in [1.29, 1.82) is 5.26 Å². The normalized spacial score (nSPS) is 12.6. The number of aromatic nitrogens is 2. The molecule has 6 nitrogen and oxygen atoms in total. The molecule has 2 heterocycles. The van der Waals surface area contributed by atoms with Gasteiger partial charge in [0.25, 0.3) is 5.56 Å². The van der Waals surface area contributed by atoms with Gasteiger partial charge in [-0.2, -0.15) is 5.26 Å². The third-order valence-electron chi connectivity index (χ3n) is 3.45. The van der Waals surface area contributed by atoms with Gasteiger partial charge >= 0.3 is 0 Å². The van der Waals surface area contributed by atoms with Crippen LogP contribution in [0.4, 0.5) is 0 Å². The van der Waals surface area contributed by atoms with Crippen molar-refractivity contribution < 1.29 is 9.47 Å². The zero-order valence-corrected chi connectivity index (χ0v) is 12.9. The summed E-state index contributed by atoms with van der Waals surface area (Å²) in [5, 5.41) is 10.0. The molecule has 0 unspecified atom stereocenters. The van der Waals surface area contributed by atoms with E-state index in [2.05, 4.69) is 4.98 Å². The van der Waals surface area contributed by atoms with Crippen LogP contribution in [0, 0.1) is 11.3 Å². The molecule has 112 valence electrons. The highest BCUT2D eigenvalue weighted by Crippen LogP contribution is 2.38. The van der Waals surface area contributed by atoms with Gasteiger partial charge in [-0.1, -0.05) is 17.8 Å². The summed E-state index contributed by atoms with van der Waals surface area (Å²) in [6, 6.07) is 7.27. The Labute approximate surface area is 131 Å². The first-order valence-corrected chi connectivity index (χ1v) is 7.59. The lowest BCUT2D eigenvalue weighted by molar-refractivity contribution is 0.356. The number of methoxy groups -OCH3 is 2. The largest absolute Gasteiger partial charge is 0.493 e. The summed E-state index contributed by atoms with van der Waals surface area (Å²) in [5.74, 6) is 1.77. The lowest BCUT2D eigenvalue weighted by Crippen LogP contribution is -2.24. The Morgan fingerprint density at radius 2 is 2.18 bits per heavy atom. The molecule has 22 heavy (non-hydrogen) atoms. The molecule has 0 bridgehead atoms. The highest BCUT2D eigenvalue weighted by molar-refractivity contribution is 7.99. The summed E-state index contributed by atoms with van der Waals surface area (Å²) in [5.41, 5.74) is 0.630. The van der Waals surface area contributed by atoms with Crippen molar-refractivity contribution in [2.45, 2.75) is 11.7 Å². The fourth-order valence-electron chi connectivity index (χ4n) is 2.44. The van der Waals surface area contributed by atoms with E-state index in [0.29, 0.717) is 34.5 Å². The van der Waals surface area contributed by atoms with Crippen LogP contribution in [0.15, 0.2) is 28.2 Å². The van der Waals surface area contributed by atoms with E-state index in [1.807, 2.05) is 6.07 Å². The maximum Gasteiger partial charge on any atom is 0.272 e. The van der Waals surface area contributed by atoms with Gasteiger partial charge in [-0.15, -0.1) is 0 Å². The fourth-order valence-corrected chi connectivity index (χ4v) is 3.38. The first-order valence-electron chi connectivity index (χ1n) is 6.60. The van der Waals surface area contributed by atoms with Crippen molar-refractivity contribution >= 4 is 11.8 Å². The predicted octanol–water partition coefficient (Wildman–Crippen LogP) is 1.90. The quantitative estimate of drug-likeness (QED) is 0.805. The maximum atomic E-state index is 12.5. The summed E-state index contributed by atoms with van der Waals surface area (Å²) in [7, 11) is 3.05. The van der Waals surface area contributed by atoms with Gasteiger partial charge in [-0.05, 0) is 12.1 Å². The van der Waals surface area contributed by atoms with E-state index in [9.17, 15) is 10.1 Å². The first-order chi connectivity index (χ1) is 10.7. The number of rotatable bonds is 3. The van der Waals surface area contributed by atoms with Crippen LogP contribution in [-0.2, 0) is 6.54 Å². The van der Waals surface area contributed by atoms with Crippen molar-refractivity contribution in [1.82, 2.24) is 9.55 Å². The standard InChI is InChI=1S/C15H13N3O3S/c1-20-11-5-3-4-9(13(11)21-2)12-10(8-16)14(19)18-6-7-22-15(18)17-12/h3-5H,6-7H2,1-2H3. The van der Waals surface area contributed by atoms with Crippen LogP contribution in [0.2, 0.25) is 0 Å². The average Bonchev–Trinajstić information content (AvgIpc) is 3.02. The van der Waals surface area contributed by atoms with E-state index in [-0.39, 0.29) is 11.1 Å². The molecule has 0 fully saturated rings. The summed E-state index contributed by atoms with van der Waals surface area (Å²) in [4.78, 5) is 17.0. The van der Waals surface area contributed by atoms with Crippen LogP contribution in [0.1, 0.15) is 5.56 Å². The average molecular weight is 315 g/mol. The lowest BCUT2D eigenvalue weighted by atomic mass is 10.1. The third-order valence-corrected chi connectivity index (χ3v) is 4.41. The van der Waals surface area contributed by atoms with Crippen molar-refractivity contribution in [3.8, 4) is 28.8 Å². The lowest BCUT2D eigenvalue weighted by Gasteiger charge is -2.13. The number of ether oxygens (including phenoxy) is 2. The highest BCUT2D eigenvalue weighted by Gasteiger charge is 2.24. The highest BCUT2D eigenvalue weighted by atomic mass is 32.2. The van der Waals surface area contributed by atoms with E-state index < -0.39 is 0 Å². The van der Waals surface area contributed by atoms with Crippen LogP contribution >= 0.6 is 11.8 Å². The maximum absolute atomic E-state index is 12.5.